The van der Waals surface area contributed by atoms with Crippen LogP contribution in [0.3, 0.4) is 0 Å². The highest BCUT2D eigenvalue weighted by Crippen LogP contribution is 2.28. The summed E-state index contributed by atoms with van der Waals surface area (Å²) < 4.78 is 1.96. The fraction of sp³-hybridized carbons (Fsp3) is 0.875. The number of aliphatic hydroxyl groups is 1. The van der Waals surface area contributed by atoms with Crippen molar-refractivity contribution in [3.05, 3.63) is 11.9 Å². The molecule has 1 aliphatic carbocycles. The first-order valence-electron chi connectivity index (χ1n) is 8.58. The zero-order valence-corrected chi connectivity index (χ0v) is 13.1. The number of hydrogen-bond acceptors (Lipinski definition) is 4. The highest BCUT2D eigenvalue weighted by molar-refractivity contribution is 4.97. The Labute approximate surface area is 127 Å². The highest BCUT2D eigenvalue weighted by atomic mass is 16.3. The van der Waals surface area contributed by atoms with Gasteiger partial charge in [0.1, 0.15) is 5.69 Å². The lowest BCUT2D eigenvalue weighted by atomic mass is 10.00. The number of piperidine rings is 1. The molecule has 1 atom stereocenters. The van der Waals surface area contributed by atoms with Crippen molar-refractivity contribution < 1.29 is 5.11 Å². The molecule has 2 fully saturated rings. The number of hydrogen-bond donors (Lipinski definition) is 1. The van der Waals surface area contributed by atoms with Gasteiger partial charge in [0.05, 0.1) is 18.3 Å². The monoisotopic (exact) mass is 292 g/mol. The largest absolute Gasteiger partial charge is 0.387 e. The molecule has 21 heavy (non-hydrogen) atoms. The maximum Gasteiger partial charge on any atom is 0.111 e. The van der Waals surface area contributed by atoms with Crippen molar-refractivity contribution in [1.82, 2.24) is 19.9 Å². The second-order valence-corrected chi connectivity index (χ2v) is 6.71. The standard InChI is InChI=1S/C16H28N4O/c1-13(21)16-12-20(18-17-16)15-8-10-19(11-9-15)14-6-4-2-3-5-7-14/h12-15,21H,2-11H2,1H3/t13-/m0/s1. The molecule has 2 heterocycles. The molecule has 3 rings (SSSR count). The Morgan fingerprint density at radius 3 is 2.29 bits per heavy atom. The molecule has 1 aromatic heterocycles. The summed E-state index contributed by atoms with van der Waals surface area (Å²) in [5.74, 6) is 0. The molecule has 0 spiro atoms. The summed E-state index contributed by atoms with van der Waals surface area (Å²) in [4.78, 5) is 2.70. The van der Waals surface area contributed by atoms with E-state index in [0.29, 0.717) is 11.7 Å². The lowest BCUT2D eigenvalue weighted by Gasteiger charge is -2.37. The molecule has 1 aliphatic heterocycles. The van der Waals surface area contributed by atoms with Crippen LogP contribution in [0.4, 0.5) is 0 Å². The van der Waals surface area contributed by atoms with E-state index in [9.17, 15) is 5.11 Å². The second-order valence-electron chi connectivity index (χ2n) is 6.71. The van der Waals surface area contributed by atoms with Crippen molar-refractivity contribution in [2.45, 2.75) is 76.5 Å². The number of rotatable bonds is 3. The minimum Gasteiger partial charge on any atom is -0.387 e. The maximum atomic E-state index is 9.55. The Hall–Kier alpha value is -0.940. The summed E-state index contributed by atoms with van der Waals surface area (Å²) in [5, 5.41) is 17.8. The molecular weight excluding hydrogens is 264 g/mol. The molecule has 1 saturated heterocycles. The average molecular weight is 292 g/mol. The maximum absolute atomic E-state index is 9.55. The number of nitrogens with zero attached hydrogens (tertiary/aromatic N) is 4. The van der Waals surface area contributed by atoms with Gasteiger partial charge in [-0.1, -0.05) is 30.9 Å². The number of aromatic nitrogens is 3. The highest BCUT2D eigenvalue weighted by Gasteiger charge is 2.27. The van der Waals surface area contributed by atoms with E-state index in [0.717, 1.165) is 18.9 Å². The predicted octanol–water partition coefficient (Wildman–Crippen LogP) is 2.69. The van der Waals surface area contributed by atoms with Crippen LogP contribution in [0, 0.1) is 0 Å². The lowest BCUT2D eigenvalue weighted by Crippen LogP contribution is -2.41. The summed E-state index contributed by atoms with van der Waals surface area (Å²) >= 11 is 0. The van der Waals surface area contributed by atoms with Crippen molar-refractivity contribution in [1.29, 1.82) is 0 Å². The van der Waals surface area contributed by atoms with E-state index in [1.54, 1.807) is 6.92 Å². The quantitative estimate of drug-likeness (QED) is 0.870. The van der Waals surface area contributed by atoms with Gasteiger partial charge in [0.15, 0.2) is 0 Å². The molecule has 1 aromatic rings. The van der Waals surface area contributed by atoms with Gasteiger partial charge in [0.25, 0.3) is 0 Å². The third-order valence-corrected chi connectivity index (χ3v) is 5.17. The fourth-order valence-electron chi connectivity index (χ4n) is 3.80. The fourth-order valence-corrected chi connectivity index (χ4v) is 3.80. The molecule has 2 aliphatic rings. The van der Waals surface area contributed by atoms with E-state index in [4.69, 9.17) is 0 Å². The zero-order valence-electron chi connectivity index (χ0n) is 13.1. The minimum atomic E-state index is -0.523. The minimum absolute atomic E-state index is 0.451. The lowest BCUT2D eigenvalue weighted by molar-refractivity contribution is 0.119. The Balaban J connectivity index is 1.54. The van der Waals surface area contributed by atoms with Gasteiger partial charge >= 0.3 is 0 Å². The topological polar surface area (TPSA) is 54.2 Å². The third kappa shape index (κ3) is 3.64. The Morgan fingerprint density at radius 1 is 1.05 bits per heavy atom. The SMILES string of the molecule is C[C@H](O)c1cn(C2CCN(C3CCCCCC3)CC2)nn1. The molecule has 1 N–H and O–H groups in total. The molecule has 0 bridgehead atoms. The smallest absolute Gasteiger partial charge is 0.111 e. The van der Waals surface area contributed by atoms with E-state index in [-0.39, 0.29) is 0 Å². The summed E-state index contributed by atoms with van der Waals surface area (Å²) in [5.41, 5.74) is 0.682. The Kier molecular flexibility index (Phi) is 4.91. The molecule has 118 valence electrons. The van der Waals surface area contributed by atoms with Crippen LogP contribution < -0.4 is 0 Å². The molecular formula is C16H28N4O. The summed E-state index contributed by atoms with van der Waals surface area (Å²) in [6, 6.07) is 1.27. The molecule has 0 aromatic carbocycles. The van der Waals surface area contributed by atoms with Gasteiger partial charge in [-0.3, -0.25) is 0 Å². The van der Waals surface area contributed by atoms with Crippen molar-refractivity contribution in [3.63, 3.8) is 0 Å². The molecule has 5 heteroatoms. The van der Waals surface area contributed by atoms with Gasteiger partial charge < -0.3 is 10.0 Å². The number of aliphatic hydroxyl groups excluding tert-OH is 1. The second kappa shape index (κ2) is 6.88. The third-order valence-electron chi connectivity index (χ3n) is 5.17. The van der Waals surface area contributed by atoms with Gasteiger partial charge in [-0.15, -0.1) is 5.10 Å². The van der Waals surface area contributed by atoms with Crippen LogP contribution in [0.15, 0.2) is 6.20 Å². The first kappa shape index (κ1) is 15.0. The van der Waals surface area contributed by atoms with Crippen molar-refractivity contribution >= 4 is 0 Å². The molecule has 5 nitrogen and oxygen atoms in total. The van der Waals surface area contributed by atoms with Crippen LogP contribution in [0.25, 0.3) is 0 Å². The molecule has 0 amide bonds. The first-order chi connectivity index (χ1) is 10.2. The van der Waals surface area contributed by atoms with E-state index >= 15 is 0 Å². The first-order valence-corrected chi connectivity index (χ1v) is 8.58. The number of likely N-dealkylation sites (tertiary alicyclic amines) is 1. The van der Waals surface area contributed by atoms with Crippen LogP contribution in [0.5, 0.6) is 0 Å². The predicted molar refractivity (Wildman–Crippen MR) is 82.0 cm³/mol. The van der Waals surface area contributed by atoms with Gasteiger partial charge in [0.2, 0.25) is 0 Å². The van der Waals surface area contributed by atoms with Gasteiger partial charge in [-0.25, -0.2) is 4.68 Å². The van der Waals surface area contributed by atoms with Crippen molar-refractivity contribution in [2.75, 3.05) is 13.1 Å². The van der Waals surface area contributed by atoms with Gasteiger partial charge in [0, 0.05) is 19.1 Å². The Morgan fingerprint density at radius 2 is 1.71 bits per heavy atom. The summed E-state index contributed by atoms with van der Waals surface area (Å²) in [7, 11) is 0. The van der Waals surface area contributed by atoms with Gasteiger partial charge in [-0.05, 0) is 32.6 Å². The van der Waals surface area contributed by atoms with E-state index in [2.05, 4.69) is 15.2 Å². The van der Waals surface area contributed by atoms with Crippen LogP contribution >= 0.6 is 0 Å². The summed E-state index contributed by atoms with van der Waals surface area (Å²) in [6.45, 7) is 4.10. The summed E-state index contributed by atoms with van der Waals surface area (Å²) in [6.07, 6.45) is 12.1. The van der Waals surface area contributed by atoms with Crippen molar-refractivity contribution in [3.8, 4) is 0 Å². The van der Waals surface area contributed by atoms with Crippen LogP contribution in [-0.4, -0.2) is 44.1 Å². The normalized spacial score (nSPS) is 24.9. The molecule has 0 radical (unpaired) electrons. The van der Waals surface area contributed by atoms with E-state index in [1.807, 2.05) is 10.9 Å². The van der Waals surface area contributed by atoms with Crippen LogP contribution in [-0.2, 0) is 0 Å². The van der Waals surface area contributed by atoms with Crippen LogP contribution in [0.1, 0.15) is 76.1 Å². The average Bonchev–Trinajstić information content (AvgIpc) is 2.84. The van der Waals surface area contributed by atoms with Gasteiger partial charge in [-0.2, -0.15) is 0 Å². The van der Waals surface area contributed by atoms with Crippen molar-refractivity contribution in [2.24, 2.45) is 0 Å². The van der Waals surface area contributed by atoms with E-state index in [1.165, 1.54) is 51.6 Å². The molecule has 1 saturated carbocycles. The van der Waals surface area contributed by atoms with E-state index < -0.39 is 6.10 Å². The molecule has 0 unspecified atom stereocenters. The Bertz CT molecular complexity index is 429. The van der Waals surface area contributed by atoms with Crippen LogP contribution in [0.2, 0.25) is 0 Å². The zero-order chi connectivity index (χ0) is 14.7.